The predicted molar refractivity (Wildman–Crippen MR) is 118 cm³/mol. The van der Waals surface area contributed by atoms with E-state index in [9.17, 15) is 5.26 Å². The molecule has 1 aliphatic heterocycles. The van der Waals surface area contributed by atoms with E-state index < -0.39 is 0 Å². The van der Waals surface area contributed by atoms with E-state index in [0.29, 0.717) is 35.7 Å². The van der Waals surface area contributed by atoms with Crippen molar-refractivity contribution in [2.75, 3.05) is 24.6 Å². The lowest BCUT2D eigenvalue weighted by molar-refractivity contribution is 0.261. The molecule has 0 amide bonds. The van der Waals surface area contributed by atoms with Gasteiger partial charge in [-0.3, -0.25) is 0 Å². The lowest BCUT2D eigenvalue weighted by Crippen LogP contribution is -2.34. The fourth-order valence-electron chi connectivity index (χ4n) is 3.94. The highest BCUT2D eigenvalue weighted by molar-refractivity contribution is 5.48. The number of benzene rings is 2. The minimum absolute atomic E-state index is 0.174. The summed E-state index contributed by atoms with van der Waals surface area (Å²) in [6.45, 7) is 4.47. The van der Waals surface area contributed by atoms with Gasteiger partial charge < -0.3 is 18.8 Å². The summed E-state index contributed by atoms with van der Waals surface area (Å²) in [4.78, 5) is 6.47. The second-order valence-corrected chi connectivity index (χ2v) is 7.69. The third kappa shape index (κ3) is 5.37. The number of ether oxygens (including phenoxy) is 2. The second-order valence-electron chi connectivity index (χ2n) is 7.69. The van der Waals surface area contributed by atoms with Crippen LogP contribution in [0.2, 0.25) is 0 Å². The molecule has 1 fully saturated rings. The molecular formula is C25H27N3O3. The Morgan fingerprint density at radius 1 is 1.03 bits per heavy atom. The number of aromatic nitrogens is 1. The Labute approximate surface area is 183 Å². The number of anilines is 1. The lowest BCUT2D eigenvalue weighted by Gasteiger charge is -2.31. The summed E-state index contributed by atoms with van der Waals surface area (Å²) in [5.74, 6) is 3.12. The van der Waals surface area contributed by atoms with Gasteiger partial charge in [0.05, 0.1) is 6.61 Å². The largest absolute Gasteiger partial charge is 0.494 e. The number of oxazole rings is 1. The van der Waals surface area contributed by atoms with Crippen LogP contribution in [0.25, 0.3) is 0 Å². The van der Waals surface area contributed by atoms with E-state index in [4.69, 9.17) is 13.9 Å². The van der Waals surface area contributed by atoms with Crippen LogP contribution in [0.1, 0.15) is 36.9 Å². The number of hydrogen-bond donors (Lipinski definition) is 0. The van der Waals surface area contributed by atoms with Gasteiger partial charge in [-0.25, -0.2) is 0 Å². The molecule has 0 spiro atoms. The minimum Gasteiger partial charge on any atom is -0.494 e. The number of hydrogen-bond acceptors (Lipinski definition) is 6. The fourth-order valence-corrected chi connectivity index (χ4v) is 3.94. The van der Waals surface area contributed by atoms with Gasteiger partial charge >= 0.3 is 0 Å². The van der Waals surface area contributed by atoms with Crippen molar-refractivity contribution in [1.29, 1.82) is 5.26 Å². The van der Waals surface area contributed by atoms with Crippen LogP contribution in [0.5, 0.6) is 11.5 Å². The summed E-state index contributed by atoms with van der Waals surface area (Å²) in [5, 5.41) is 9.52. The Morgan fingerprint density at radius 2 is 1.71 bits per heavy atom. The van der Waals surface area contributed by atoms with Crippen LogP contribution in [-0.4, -0.2) is 24.7 Å². The first kappa shape index (κ1) is 20.8. The minimum atomic E-state index is 0.174. The first-order valence-electron chi connectivity index (χ1n) is 10.8. The molecule has 2 aromatic carbocycles. The average molecular weight is 418 g/mol. The molecule has 1 aromatic heterocycles. The van der Waals surface area contributed by atoms with E-state index in [1.807, 2.05) is 31.2 Å². The highest BCUT2D eigenvalue weighted by atomic mass is 16.5. The van der Waals surface area contributed by atoms with Gasteiger partial charge in [0.2, 0.25) is 17.5 Å². The maximum Gasteiger partial charge on any atom is 0.236 e. The summed E-state index contributed by atoms with van der Waals surface area (Å²) >= 11 is 0. The van der Waals surface area contributed by atoms with Crippen molar-refractivity contribution in [3.63, 3.8) is 0 Å². The molecule has 0 N–H and O–H groups in total. The molecule has 6 heteroatoms. The molecule has 0 bridgehead atoms. The van der Waals surface area contributed by atoms with Crippen LogP contribution < -0.4 is 14.4 Å². The zero-order valence-corrected chi connectivity index (χ0v) is 17.8. The Kier molecular flexibility index (Phi) is 6.73. The van der Waals surface area contributed by atoms with Crippen molar-refractivity contribution >= 4 is 5.88 Å². The van der Waals surface area contributed by atoms with E-state index in [0.717, 1.165) is 38.1 Å². The zero-order valence-electron chi connectivity index (χ0n) is 17.8. The van der Waals surface area contributed by atoms with Crippen LogP contribution >= 0.6 is 0 Å². The summed E-state index contributed by atoms with van der Waals surface area (Å²) in [5.41, 5.74) is 1.71. The molecule has 31 heavy (non-hydrogen) atoms. The van der Waals surface area contributed by atoms with Crippen molar-refractivity contribution in [1.82, 2.24) is 4.98 Å². The van der Waals surface area contributed by atoms with Gasteiger partial charge in [0.1, 0.15) is 17.6 Å². The highest BCUT2D eigenvalue weighted by Gasteiger charge is 2.25. The molecule has 1 saturated heterocycles. The van der Waals surface area contributed by atoms with Gasteiger partial charge in [-0.05, 0) is 61.9 Å². The van der Waals surface area contributed by atoms with Crippen LogP contribution in [0, 0.1) is 17.2 Å². The van der Waals surface area contributed by atoms with E-state index in [1.165, 1.54) is 5.56 Å². The number of nitriles is 1. The first-order chi connectivity index (χ1) is 15.2. The van der Waals surface area contributed by atoms with Crippen LogP contribution in [0.15, 0.2) is 59.0 Å². The van der Waals surface area contributed by atoms with Crippen molar-refractivity contribution in [2.24, 2.45) is 5.92 Å². The molecule has 4 rings (SSSR count). The number of piperidine rings is 1. The summed E-state index contributed by atoms with van der Waals surface area (Å²) in [7, 11) is 0. The van der Waals surface area contributed by atoms with Crippen molar-refractivity contribution in [2.45, 2.75) is 32.8 Å². The van der Waals surface area contributed by atoms with Crippen molar-refractivity contribution < 1.29 is 13.9 Å². The number of rotatable bonds is 8. The van der Waals surface area contributed by atoms with Gasteiger partial charge in [0.25, 0.3) is 0 Å². The van der Waals surface area contributed by atoms with E-state index in [1.54, 1.807) is 0 Å². The van der Waals surface area contributed by atoms with Gasteiger partial charge in [0.15, 0.2) is 6.61 Å². The van der Waals surface area contributed by atoms with Gasteiger partial charge in [-0.2, -0.15) is 10.2 Å². The molecule has 1 aliphatic rings. The van der Waals surface area contributed by atoms with Crippen LogP contribution in [-0.2, 0) is 13.0 Å². The monoisotopic (exact) mass is 417 g/mol. The van der Waals surface area contributed by atoms with E-state index in [-0.39, 0.29) is 6.61 Å². The molecule has 0 saturated carbocycles. The molecule has 0 atom stereocenters. The third-order valence-electron chi connectivity index (χ3n) is 5.53. The molecule has 0 radical (unpaired) electrons. The van der Waals surface area contributed by atoms with E-state index >= 15 is 0 Å². The Morgan fingerprint density at radius 3 is 2.35 bits per heavy atom. The van der Waals surface area contributed by atoms with Gasteiger partial charge in [-0.1, -0.05) is 30.3 Å². The van der Waals surface area contributed by atoms with Crippen molar-refractivity contribution in [3.05, 3.63) is 71.7 Å². The SMILES string of the molecule is CCOc1ccc(OCc2nc(C#N)c(N3CCC(Cc4ccccc4)CC3)o2)cc1. The summed E-state index contributed by atoms with van der Waals surface area (Å²) < 4.78 is 17.1. The van der Waals surface area contributed by atoms with E-state index in [2.05, 4.69) is 46.3 Å². The summed E-state index contributed by atoms with van der Waals surface area (Å²) in [6, 6.07) is 20.2. The van der Waals surface area contributed by atoms with Crippen molar-refractivity contribution in [3.8, 4) is 17.6 Å². The molecule has 6 nitrogen and oxygen atoms in total. The molecule has 0 aliphatic carbocycles. The normalized spacial score (nSPS) is 14.3. The van der Waals surface area contributed by atoms with Gasteiger partial charge in [-0.15, -0.1) is 0 Å². The van der Waals surface area contributed by atoms with Crippen LogP contribution in [0.3, 0.4) is 0 Å². The Hall–Kier alpha value is -3.46. The average Bonchev–Trinajstić information content (AvgIpc) is 3.23. The fraction of sp³-hybridized carbons (Fsp3) is 0.360. The molecule has 160 valence electrons. The third-order valence-corrected chi connectivity index (χ3v) is 5.53. The molecule has 2 heterocycles. The van der Waals surface area contributed by atoms with Gasteiger partial charge in [0, 0.05) is 13.1 Å². The highest BCUT2D eigenvalue weighted by Crippen LogP contribution is 2.29. The Balaban J connectivity index is 1.33. The number of nitrogens with zero attached hydrogens (tertiary/aromatic N) is 3. The second kappa shape index (κ2) is 10.0. The topological polar surface area (TPSA) is 71.5 Å². The zero-order chi connectivity index (χ0) is 21.5. The maximum absolute atomic E-state index is 9.52. The lowest BCUT2D eigenvalue weighted by atomic mass is 9.90. The molecule has 3 aromatic rings. The molecule has 0 unspecified atom stereocenters. The smallest absolute Gasteiger partial charge is 0.236 e. The predicted octanol–water partition coefficient (Wildman–Crippen LogP) is 4.98. The summed E-state index contributed by atoms with van der Waals surface area (Å²) in [6.07, 6.45) is 3.23. The standard InChI is InChI=1S/C25H27N3O3/c1-2-29-21-8-10-22(11-9-21)30-18-24-27-23(17-26)25(31-24)28-14-12-20(13-15-28)16-19-6-4-3-5-7-19/h3-11,20H,2,12-16,18H2,1H3. The van der Waals surface area contributed by atoms with Crippen LogP contribution in [0.4, 0.5) is 5.88 Å². The quantitative estimate of drug-likeness (QED) is 0.515. The molecular weight excluding hydrogens is 390 g/mol. The maximum atomic E-state index is 9.52. The Bertz CT molecular complexity index is 1000. The first-order valence-corrected chi connectivity index (χ1v) is 10.8.